The standard InChI is InChI=1S/C12H18N2O/c1-2-4-11(3-1)14-8-7-10(13-14)5-6-12-9-15-12/h7-8,11-12H,1-6,9H2. The van der Waals surface area contributed by atoms with E-state index >= 15 is 0 Å². The first-order valence-electron chi connectivity index (χ1n) is 6.07. The predicted molar refractivity (Wildman–Crippen MR) is 57.8 cm³/mol. The van der Waals surface area contributed by atoms with Crippen LogP contribution in [0.15, 0.2) is 12.3 Å². The van der Waals surface area contributed by atoms with E-state index in [0.717, 1.165) is 19.4 Å². The molecular weight excluding hydrogens is 188 g/mol. The van der Waals surface area contributed by atoms with Gasteiger partial charge in [-0.05, 0) is 31.7 Å². The van der Waals surface area contributed by atoms with Crippen molar-refractivity contribution in [1.29, 1.82) is 0 Å². The van der Waals surface area contributed by atoms with Crippen molar-refractivity contribution < 1.29 is 4.74 Å². The average molecular weight is 206 g/mol. The topological polar surface area (TPSA) is 30.4 Å². The summed E-state index contributed by atoms with van der Waals surface area (Å²) in [6.07, 6.45) is 10.3. The number of aryl methyl sites for hydroxylation is 1. The van der Waals surface area contributed by atoms with Gasteiger partial charge in [-0.2, -0.15) is 5.10 Å². The molecule has 0 radical (unpaired) electrons. The first-order valence-corrected chi connectivity index (χ1v) is 6.07. The predicted octanol–water partition coefficient (Wildman–Crippen LogP) is 2.33. The lowest BCUT2D eigenvalue weighted by atomic mass is 10.2. The zero-order valence-electron chi connectivity index (χ0n) is 9.06. The number of rotatable bonds is 4. The Labute approximate surface area is 90.4 Å². The van der Waals surface area contributed by atoms with Gasteiger partial charge in [0, 0.05) is 6.20 Å². The number of hydrogen-bond donors (Lipinski definition) is 0. The molecule has 3 heteroatoms. The molecule has 2 heterocycles. The molecule has 1 saturated heterocycles. The van der Waals surface area contributed by atoms with Crippen molar-refractivity contribution in [2.75, 3.05) is 6.61 Å². The van der Waals surface area contributed by atoms with Gasteiger partial charge in [-0.15, -0.1) is 0 Å². The van der Waals surface area contributed by atoms with E-state index in [4.69, 9.17) is 4.74 Å². The quantitative estimate of drug-likeness (QED) is 0.708. The summed E-state index contributed by atoms with van der Waals surface area (Å²) >= 11 is 0. The van der Waals surface area contributed by atoms with Gasteiger partial charge >= 0.3 is 0 Å². The highest BCUT2D eigenvalue weighted by molar-refractivity contribution is 5.01. The summed E-state index contributed by atoms with van der Waals surface area (Å²) in [6, 6.07) is 2.84. The highest BCUT2D eigenvalue weighted by Gasteiger charge is 2.22. The molecule has 82 valence electrons. The van der Waals surface area contributed by atoms with Crippen LogP contribution in [-0.4, -0.2) is 22.5 Å². The van der Waals surface area contributed by atoms with Gasteiger partial charge in [-0.3, -0.25) is 4.68 Å². The lowest BCUT2D eigenvalue weighted by molar-refractivity contribution is 0.395. The van der Waals surface area contributed by atoms with E-state index in [1.807, 2.05) is 0 Å². The van der Waals surface area contributed by atoms with Gasteiger partial charge < -0.3 is 4.74 Å². The molecule has 0 spiro atoms. The number of ether oxygens (including phenoxy) is 1. The smallest absolute Gasteiger partial charge is 0.0813 e. The molecule has 15 heavy (non-hydrogen) atoms. The van der Waals surface area contributed by atoms with E-state index in [1.54, 1.807) is 0 Å². The number of aromatic nitrogens is 2. The van der Waals surface area contributed by atoms with E-state index in [9.17, 15) is 0 Å². The Morgan fingerprint density at radius 3 is 2.93 bits per heavy atom. The van der Waals surface area contributed by atoms with Crippen LogP contribution in [0.3, 0.4) is 0 Å². The Morgan fingerprint density at radius 1 is 1.40 bits per heavy atom. The summed E-state index contributed by atoms with van der Waals surface area (Å²) in [6.45, 7) is 0.962. The molecule has 1 saturated carbocycles. The molecule has 1 aromatic rings. The van der Waals surface area contributed by atoms with Crippen molar-refractivity contribution in [3.8, 4) is 0 Å². The van der Waals surface area contributed by atoms with Crippen LogP contribution >= 0.6 is 0 Å². The first-order chi connectivity index (χ1) is 7.42. The van der Waals surface area contributed by atoms with Gasteiger partial charge in [-0.1, -0.05) is 12.8 Å². The molecule has 1 atom stereocenters. The van der Waals surface area contributed by atoms with Crippen LogP contribution in [0.25, 0.3) is 0 Å². The van der Waals surface area contributed by atoms with Crippen LogP contribution in [0.2, 0.25) is 0 Å². The molecule has 1 aromatic heterocycles. The third-order valence-corrected chi connectivity index (χ3v) is 3.49. The third kappa shape index (κ3) is 2.23. The molecule has 1 unspecified atom stereocenters. The van der Waals surface area contributed by atoms with Crippen LogP contribution in [0, 0.1) is 0 Å². The Hall–Kier alpha value is -0.830. The fraction of sp³-hybridized carbons (Fsp3) is 0.750. The van der Waals surface area contributed by atoms with Crippen molar-refractivity contribution in [3.05, 3.63) is 18.0 Å². The monoisotopic (exact) mass is 206 g/mol. The first kappa shape index (κ1) is 9.40. The Balaban J connectivity index is 1.59. The van der Waals surface area contributed by atoms with Gasteiger partial charge in [0.1, 0.15) is 0 Å². The van der Waals surface area contributed by atoms with E-state index < -0.39 is 0 Å². The van der Waals surface area contributed by atoms with Crippen molar-refractivity contribution in [3.63, 3.8) is 0 Å². The van der Waals surface area contributed by atoms with Crippen molar-refractivity contribution in [2.45, 2.75) is 50.7 Å². The van der Waals surface area contributed by atoms with Crippen LogP contribution < -0.4 is 0 Å². The van der Waals surface area contributed by atoms with Crippen LogP contribution in [0.4, 0.5) is 0 Å². The van der Waals surface area contributed by atoms with Crippen LogP contribution in [0.1, 0.15) is 43.8 Å². The molecule has 0 amide bonds. The fourth-order valence-corrected chi connectivity index (χ4v) is 2.43. The van der Waals surface area contributed by atoms with Crippen molar-refractivity contribution >= 4 is 0 Å². The van der Waals surface area contributed by atoms with E-state index in [-0.39, 0.29) is 0 Å². The Bertz CT molecular complexity index is 324. The normalized spacial score (nSPS) is 26.0. The minimum atomic E-state index is 0.529. The van der Waals surface area contributed by atoms with Gasteiger partial charge in [0.15, 0.2) is 0 Å². The third-order valence-electron chi connectivity index (χ3n) is 3.49. The average Bonchev–Trinajstić information content (AvgIpc) is 2.78. The fourth-order valence-electron chi connectivity index (χ4n) is 2.43. The number of nitrogens with zero attached hydrogens (tertiary/aromatic N) is 2. The van der Waals surface area contributed by atoms with Crippen LogP contribution in [0.5, 0.6) is 0 Å². The molecule has 2 fully saturated rings. The van der Waals surface area contributed by atoms with Crippen molar-refractivity contribution in [1.82, 2.24) is 9.78 Å². The SMILES string of the molecule is c1cn(C2CCCC2)nc1CCC1CO1. The molecule has 1 aliphatic heterocycles. The molecule has 3 nitrogen and oxygen atoms in total. The minimum absolute atomic E-state index is 0.529. The molecular formula is C12H18N2O. The minimum Gasteiger partial charge on any atom is -0.373 e. The van der Waals surface area contributed by atoms with Gasteiger partial charge in [0.05, 0.1) is 24.4 Å². The molecule has 0 aromatic carbocycles. The lowest BCUT2D eigenvalue weighted by Crippen LogP contribution is -2.05. The maximum atomic E-state index is 5.20. The molecule has 0 N–H and O–H groups in total. The van der Waals surface area contributed by atoms with Crippen molar-refractivity contribution in [2.24, 2.45) is 0 Å². The second kappa shape index (κ2) is 3.97. The largest absolute Gasteiger partial charge is 0.373 e. The van der Waals surface area contributed by atoms with Crippen LogP contribution in [-0.2, 0) is 11.2 Å². The highest BCUT2D eigenvalue weighted by Crippen LogP contribution is 2.28. The summed E-state index contributed by atoms with van der Waals surface area (Å²) in [5.41, 5.74) is 1.23. The van der Waals surface area contributed by atoms with Gasteiger partial charge in [0.2, 0.25) is 0 Å². The molecule has 2 aliphatic rings. The van der Waals surface area contributed by atoms with Gasteiger partial charge in [-0.25, -0.2) is 0 Å². The van der Waals surface area contributed by atoms with E-state index in [1.165, 1.54) is 31.4 Å². The summed E-state index contributed by atoms with van der Waals surface area (Å²) < 4.78 is 7.38. The summed E-state index contributed by atoms with van der Waals surface area (Å²) in [5.74, 6) is 0. The highest BCUT2D eigenvalue weighted by atomic mass is 16.6. The number of epoxide rings is 1. The second-order valence-electron chi connectivity index (χ2n) is 4.72. The zero-order chi connectivity index (χ0) is 10.1. The summed E-state index contributed by atoms with van der Waals surface area (Å²) in [7, 11) is 0. The molecule has 1 aliphatic carbocycles. The van der Waals surface area contributed by atoms with Gasteiger partial charge in [0.25, 0.3) is 0 Å². The zero-order valence-corrected chi connectivity index (χ0v) is 9.06. The maximum absolute atomic E-state index is 5.20. The Kier molecular flexibility index (Phi) is 2.49. The summed E-state index contributed by atoms with van der Waals surface area (Å²) in [4.78, 5) is 0. The maximum Gasteiger partial charge on any atom is 0.0813 e. The molecule has 0 bridgehead atoms. The second-order valence-corrected chi connectivity index (χ2v) is 4.72. The number of hydrogen-bond acceptors (Lipinski definition) is 2. The Morgan fingerprint density at radius 2 is 2.20 bits per heavy atom. The lowest BCUT2D eigenvalue weighted by Gasteiger charge is -2.08. The van der Waals surface area contributed by atoms with E-state index in [0.29, 0.717) is 12.1 Å². The van der Waals surface area contributed by atoms with E-state index in [2.05, 4.69) is 22.0 Å². The summed E-state index contributed by atoms with van der Waals surface area (Å²) in [5, 5.41) is 4.65. The molecule has 3 rings (SSSR count).